The first-order chi connectivity index (χ1) is 10.1. The number of aromatic nitrogens is 1. The first kappa shape index (κ1) is 15.1. The average Bonchev–Trinajstić information content (AvgIpc) is 2.48. The molecule has 112 valence electrons. The number of esters is 1. The Labute approximate surface area is 123 Å². The lowest BCUT2D eigenvalue weighted by atomic mass is 10.1. The van der Waals surface area contributed by atoms with Crippen molar-refractivity contribution in [1.29, 1.82) is 0 Å². The molecule has 0 unspecified atom stereocenters. The monoisotopic (exact) mass is 289 g/mol. The van der Waals surface area contributed by atoms with E-state index in [1.165, 1.54) is 0 Å². The topological polar surface area (TPSA) is 57.5 Å². The van der Waals surface area contributed by atoms with Gasteiger partial charge in [-0.3, -0.25) is 4.79 Å². The summed E-state index contributed by atoms with van der Waals surface area (Å²) >= 11 is 0. The molecule has 0 saturated carbocycles. The second-order valence-electron chi connectivity index (χ2n) is 4.46. The number of ether oxygens (including phenoxy) is 2. The van der Waals surface area contributed by atoms with Crippen molar-refractivity contribution in [2.75, 3.05) is 13.2 Å². The predicted octanol–water partition coefficient (Wildman–Crippen LogP) is 2.60. The minimum atomic E-state index is -0.599. The molecule has 0 aliphatic rings. The quantitative estimate of drug-likeness (QED) is 0.794. The van der Waals surface area contributed by atoms with E-state index in [1.807, 2.05) is 30.5 Å². The highest BCUT2D eigenvalue weighted by molar-refractivity contribution is 5.95. The lowest BCUT2D eigenvalue weighted by Crippen LogP contribution is -2.21. The molecular weight excluding hydrogens is 270 g/mol. The number of pyridine rings is 1. The molecular formula is C16H19NO4. The summed E-state index contributed by atoms with van der Waals surface area (Å²) in [6, 6.07) is 5.42. The zero-order chi connectivity index (χ0) is 15.4. The molecule has 1 heterocycles. The largest absolute Gasteiger partial charge is 0.493 e. The van der Waals surface area contributed by atoms with Gasteiger partial charge in [-0.15, -0.1) is 0 Å². The van der Waals surface area contributed by atoms with E-state index < -0.39 is 5.97 Å². The molecule has 1 aromatic heterocycles. The van der Waals surface area contributed by atoms with E-state index in [0.717, 1.165) is 5.52 Å². The molecule has 21 heavy (non-hydrogen) atoms. The summed E-state index contributed by atoms with van der Waals surface area (Å²) in [5.41, 5.74) is 0.442. The van der Waals surface area contributed by atoms with Gasteiger partial charge in [-0.25, -0.2) is 4.79 Å². The zero-order valence-electron chi connectivity index (χ0n) is 12.5. The van der Waals surface area contributed by atoms with E-state index in [-0.39, 0.29) is 17.6 Å². The van der Waals surface area contributed by atoms with Crippen LogP contribution < -0.4 is 10.2 Å². The number of aryl methyl sites for hydroxylation is 1. The third-order valence-corrected chi connectivity index (χ3v) is 3.21. The molecule has 0 spiro atoms. The van der Waals surface area contributed by atoms with Crippen molar-refractivity contribution in [2.24, 2.45) is 0 Å². The Morgan fingerprint density at radius 3 is 2.57 bits per heavy atom. The highest BCUT2D eigenvalue weighted by atomic mass is 16.5. The molecule has 5 heteroatoms. The van der Waals surface area contributed by atoms with Gasteiger partial charge >= 0.3 is 5.97 Å². The van der Waals surface area contributed by atoms with E-state index in [2.05, 4.69) is 0 Å². The van der Waals surface area contributed by atoms with Crippen LogP contribution >= 0.6 is 0 Å². The molecule has 0 aliphatic carbocycles. The third-order valence-electron chi connectivity index (χ3n) is 3.21. The standard InChI is InChI=1S/C16H19NO4/c1-4-17-10-11(16(19)21-6-3)15(18)14-12(17)8-7-9-13(14)20-5-2/h7-10H,4-6H2,1-3H3. The van der Waals surface area contributed by atoms with Gasteiger partial charge in [0.2, 0.25) is 5.43 Å². The van der Waals surface area contributed by atoms with Crippen LogP contribution in [0.1, 0.15) is 31.1 Å². The molecule has 0 fully saturated rings. The summed E-state index contributed by atoms with van der Waals surface area (Å²) in [6.45, 7) is 6.84. The van der Waals surface area contributed by atoms with E-state index in [4.69, 9.17) is 9.47 Å². The van der Waals surface area contributed by atoms with Crippen molar-refractivity contribution < 1.29 is 14.3 Å². The summed E-state index contributed by atoms with van der Waals surface area (Å²) in [7, 11) is 0. The normalized spacial score (nSPS) is 10.6. The van der Waals surface area contributed by atoms with Crippen LogP contribution in [0.5, 0.6) is 5.75 Å². The Kier molecular flexibility index (Phi) is 4.62. The number of benzene rings is 1. The molecule has 1 aromatic carbocycles. The smallest absolute Gasteiger partial charge is 0.343 e. The molecule has 0 bridgehead atoms. The summed E-state index contributed by atoms with van der Waals surface area (Å²) in [6.07, 6.45) is 1.55. The first-order valence-electron chi connectivity index (χ1n) is 7.10. The van der Waals surface area contributed by atoms with Gasteiger partial charge in [-0.05, 0) is 32.9 Å². The van der Waals surface area contributed by atoms with Crippen LogP contribution in [0, 0.1) is 0 Å². The zero-order valence-corrected chi connectivity index (χ0v) is 12.5. The van der Waals surface area contributed by atoms with E-state index in [1.54, 1.807) is 19.2 Å². The second kappa shape index (κ2) is 6.43. The van der Waals surface area contributed by atoms with Crippen molar-refractivity contribution in [1.82, 2.24) is 4.57 Å². The van der Waals surface area contributed by atoms with Gasteiger partial charge in [0.05, 0.1) is 24.1 Å². The SMILES string of the molecule is CCOC(=O)c1cn(CC)c2cccc(OCC)c2c1=O. The fourth-order valence-electron chi connectivity index (χ4n) is 2.30. The van der Waals surface area contributed by atoms with E-state index in [9.17, 15) is 9.59 Å². The predicted molar refractivity (Wildman–Crippen MR) is 81.0 cm³/mol. The van der Waals surface area contributed by atoms with Crippen LogP contribution in [-0.2, 0) is 11.3 Å². The summed E-state index contributed by atoms with van der Waals surface area (Å²) in [5, 5.41) is 0.423. The maximum atomic E-state index is 12.6. The molecule has 5 nitrogen and oxygen atoms in total. The number of carbonyl (C=O) groups is 1. The Hall–Kier alpha value is -2.30. The maximum absolute atomic E-state index is 12.6. The Bertz CT molecular complexity index is 718. The lowest BCUT2D eigenvalue weighted by molar-refractivity contribution is 0.0524. The summed E-state index contributed by atoms with van der Waals surface area (Å²) < 4.78 is 12.3. The second-order valence-corrected chi connectivity index (χ2v) is 4.46. The van der Waals surface area contributed by atoms with Crippen LogP contribution in [0.4, 0.5) is 0 Å². The fraction of sp³-hybridized carbons (Fsp3) is 0.375. The molecule has 0 aliphatic heterocycles. The molecule has 2 rings (SSSR count). The van der Waals surface area contributed by atoms with Gasteiger partial charge in [0.25, 0.3) is 0 Å². The fourth-order valence-corrected chi connectivity index (χ4v) is 2.30. The molecule has 2 aromatic rings. The number of fused-ring (bicyclic) bond motifs is 1. The van der Waals surface area contributed by atoms with E-state index >= 15 is 0 Å². The summed E-state index contributed by atoms with van der Waals surface area (Å²) in [5.74, 6) is -0.105. The van der Waals surface area contributed by atoms with Crippen LogP contribution in [-0.4, -0.2) is 23.8 Å². The van der Waals surface area contributed by atoms with E-state index in [0.29, 0.717) is 24.3 Å². The minimum Gasteiger partial charge on any atom is -0.493 e. The van der Waals surface area contributed by atoms with Gasteiger partial charge < -0.3 is 14.0 Å². The van der Waals surface area contributed by atoms with Crippen LogP contribution in [0.25, 0.3) is 10.9 Å². The van der Waals surface area contributed by atoms with Gasteiger partial charge in [0, 0.05) is 12.7 Å². The third kappa shape index (κ3) is 2.77. The van der Waals surface area contributed by atoms with Crippen molar-refractivity contribution in [3.8, 4) is 5.75 Å². The van der Waals surface area contributed by atoms with Crippen molar-refractivity contribution in [3.05, 3.63) is 40.2 Å². The van der Waals surface area contributed by atoms with Crippen LogP contribution in [0.15, 0.2) is 29.2 Å². The lowest BCUT2D eigenvalue weighted by Gasteiger charge is -2.13. The highest BCUT2D eigenvalue weighted by Crippen LogP contribution is 2.23. The maximum Gasteiger partial charge on any atom is 0.343 e. The minimum absolute atomic E-state index is 0.0401. The molecule has 0 radical (unpaired) electrons. The first-order valence-corrected chi connectivity index (χ1v) is 7.10. The highest BCUT2D eigenvalue weighted by Gasteiger charge is 2.18. The Balaban J connectivity index is 2.79. The van der Waals surface area contributed by atoms with Crippen molar-refractivity contribution in [3.63, 3.8) is 0 Å². The Morgan fingerprint density at radius 2 is 1.95 bits per heavy atom. The van der Waals surface area contributed by atoms with Gasteiger partial charge in [0.15, 0.2) is 0 Å². The number of hydrogen-bond donors (Lipinski definition) is 0. The van der Waals surface area contributed by atoms with Crippen LogP contribution in [0.3, 0.4) is 0 Å². The van der Waals surface area contributed by atoms with Crippen molar-refractivity contribution in [2.45, 2.75) is 27.3 Å². The van der Waals surface area contributed by atoms with Crippen molar-refractivity contribution >= 4 is 16.9 Å². The molecule has 0 atom stereocenters. The number of carbonyl (C=O) groups excluding carboxylic acids is 1. The number of nitrogens with zero attached hydrogens (tertiary/aromatic N) is 1. The number of rotatable bonds is 5. The average molecular weight is 289 g/mol. The van der Waals surface area contributed by atoms with Gasteiger partial charge in [-0.1, -0.05) is 6.07 Å². The number of hydrogen-bond acceptors (Lipinski definition) is 4. The Morgan fingerprint density at radius 1 is 1.19 bits per heavy atom. The summed E-state index contributed by atoms with van der Waals surface area (Å²) in [4.78, 5) is 24.6. The van der Waals surface area contributed by atoms with Crippen LogP contribution in [0.2, 0.25) is 0 Å². The molecule has 0 amide bonds. The molecule has 0 N–H and O–H groups in total. The van der Waals surface area contributed by atoms with Gasteiger partial charge in [0.1, 0.15) is 11.3 Å². The van der Waals surface area contributed by atoms with Gasteiger partial charge in [-0.2, -0.15) is 0 Å². The molecule has 0 saturated heterocycles.